The molecule has 7 aromatic rings. The highest BCUT2D eigenvalue weighted by Crippen LogP contribution is 2.41. The normalized spacial score (nSPS) is 12.0. The molecule has 0 saturated carbocycles. The average molecular weight is 560 g/mol. The second kappa shape index (κ2) is 11.6. The van der Waals surface area contributed by atoms with Crippen molar-refractivity contribution in [1.29, 1.82) is 0 Å². The van der Waals surface area contributed by atoms with Crippen LogP contribution < -0.4 is 0 Å². The summed E-state index contributed by atoms with van der Waals surface area (Å²) >= 11 is 0. The summed E-state index contributed by atoms with van der Waals surface area (Å²) < 4.78 is 4.40. The van der Waals surface area contributed by atoms with Gasteiger partial charge in [-0.05, 0) is 30.2 Å². The highest BCUT2D eigenvalue weighted by atomic mass is 16.3. The maximum Gasteiger partial charge on any atom is 0.0963 e. The Morgan fingerprint density at radius 3 is 1.74 bits per heavy atom. The lowest BCUT2D eigenvalue weighted by Crippen LogP contribution is -2.22. The zero-order valence-electron chi connectivity index (χ0n) is 24.1. The van der Waals surface area contributed by atoms with Gasteiger partial charge >= 0.3 is 0 Å². The summed E-state index contributed by atoms with van der Waals surface area (Å²) in [5, 5.41) is 13.0. The molecule has 0 bridgehead atoms. The first-order valence-corrected chi connectivity index (χ1v) is 14.7. The van der Waals surface area contributed by atoms with E-state index in [-0.39, 0.29) is 0 Å². The molecule has 0 fully saturated rings. The number of aliphatic hydroxyl groups is 1. The van der Waals surface area contributed by atoms with Gasteiger partial charge in [-0.2, -0.15) is 0 Å². The number of aromatic nitrogens is 3. The summed E-state index contributed by atoms with van der Waals surface area (Å²) in [6, 6.07) is 48.3. The standard InChI is InChI=1S/C39H33N3O/c1-28-22-23-35-34(24-28)36(29-14-6-2-7-15-29)38(31-18-10-4-11-19-31)42(35)26-33(43)25-41-27-40-37(30-16-8-3-9-17-30)39(41)32-20-12-5-13-21-32/h2-24,27,33,43H,25-26H2,1H3/t33-/m0/s1. The van der Waals surface area contributed by atoms with Gasteiger partial charge in [0, 0.05) is 27.6 Å². The van der Waals surface area contributed by atoms with Crippen molar-refractivity contribution >= 4 is 10.9 Å². The van der Waals surface area contributed by atoms with Crippen LogP contribution in [0.15, 0.2) is 146 Å². The predicted molar refractivity (Wildman–Crippen MR) is 177 cm³/mol. The van der Waals surface area contributed by atoms with E-state index in [1.165, 1.54) is 22.1 Å². The third-order valence-corrected chi connectivity index (χ3v) is 8.06. The lowest BCUT2D eigenvalue weighted by molar-refractivity contribution is 0.137. The first kappa shape index (κ1) is 26.7. The SMILES string of the molecule is Cc1ccc2c(c1)c(-c1ccccc1)c(-c1ccccc1)n2C[C@@H](O)Cn1cnc(-c2ccccc2)c1-c1ccccc1. The van der Waals surface area contributed by atoms with Crippen molar-refractivity contribution in [2.75, 3.05) is 0 Å². The zero-order chi connectivity index (χ0) is 29.2. The topological polar surface area (TPSA) is 43.0 Å². The van der Waals surface area contributed by atoms with E-state index in [0.717, 1.165) is 39.3 Å². The lowest BCUT2D eigenvalue weighted by Gasteiger charge is -2.19. The number of imidazole rings is 1. The minimum absolute atomic E-state index is 0.407. The number of nitrogens with zero attached hydrogens (tertiary/aromatic N) is 3. The second-order valence-corrected chi connectivity index (χ2v) is 11.1. The van der Waals surface area contributed by atoms with Gasteiger partial charge in [-0.1, -0.05) is 133 Å². The van der Waals surface area contributed by atoms with Crippen LogP contribution in [0.5, 0.6) is 0 Å². The van der Waals surface area contributed by atoms with Crippen LogP contribution in [0.2, 0.25) is 0 Å². The van der Waals surface area contributed by atoms with Crippen molar-refractivity contribution in [3.8, 4) is 44.9 Å². The highest BCUT2D eigenvalue weighted by Gasteiger charge is 2.23. The van der Waals surface area contributed by atoms with Gasteiger partial charge in [-0.15, -0.1) is 0 Å². The molecule has 210 valence electrons. The summed E-state index contributed by atoms with van der Waals surface area (Å²) in [5.74, 6) is 0. The van der Waals surface area contributed by atoms with Crippen molar-refractivity contribution in [2.24, 2.45) is 0 Å². The van der Waals surface area contributed by atoms with Crippen molar-refractivity contribution in [3.63, 3.8) is 0 Å². The Morgan fingerprint density at radius 1 is 0.605 bits per heavy atom. The Kier molecular flexibility index (Phi) is 7.20. The van der Waals surface area contributed by atoms with Gasteiger partial charge in [-0.3, -0.25) is 0 Å². The van der Waals surface area contributed by atoms with E-state index < -0.39 is 6.10 Å². The lowest BCUT2D eigenvalue weighted by atomic mass is 9.98. The van der Waals surface area contributed by atoms with Crippen LogP contribution in [0.3, 0.4) is 0 Å². The van der Waals surface area contributed by atoms with Gasteiger partial charge in [0.15, 0.2) is 0 Å². The Bertz CT molecular complexity index is 1980. The molecule has 0 radical (unpaired) electrons. The number of fused-ring (bicyclic) bond motifs is 1. The molecular formula is C39H33N3O. The molecule has 0 aliphatic heterocycles. The predicted octanol–water partition coefficient (Wildman–Crippen LogP) is 8.88. The van der Waals surface area contributed by atoms with Crippen LogP contribution >= 0.6 is 0 Å². The van der Waals surface area contributed by atoms with E-state index in [2.05, 4.69) is 113 Å². The van der Waals surface area contributed by atoms with Gasteiger partial charge in [-0.25, -0.2) is 4.98 Å². The van der Waals surface area contributed by atoms with Crippen LogP contribution in [0, 0.1) is 6.92 Å². The molecule has 1 atom stereocenters. The average Bonchev–Trinajstić information content (AvgIpc) is 3.61. The molecule has 0 amide bonds. The molecule has 0 aliphatic rings. The number of aryl methyl sites for hydroxylation is 1. The fraction of sp³-hybridized carbons (Fsp3) is 0.103. The third-order valence-electron chi connectivity index (χ3n) is 8.06. The Hall–Kier alpha value is -5.19. The zero-order valence-corrected chi connectivity index (χ0v) is 24.1. The molecule has 5 aromatic carbocycles. The summed E-state index contributed by atoms with van der Waals surface area (Å²) in [6.07, 6.45) is 1.20. The van der Waals surface area contributed by atoms with Crippen molar-refractivity contribution in [2.45, 2.75) is 26.1 Å². The molecule has 1 N–H and O–H groups in total. The van der Waals surface area contributed by atoms with Crippen LogP contribution in [-0.4, -0.2) is 25.3 Å². The Balaban J connectivity index is 1.34. The summed E-state index contributed by atoms with van der Waals surface area (Å²) in [5.41, 5.74) is 11.0. The first-order chi connectivity index (χ1) is 21.2. The van der Waals surface area contributed by atoms with Crippen molar-refractivity contribution < 1.29 is 5.11 Å². The van der Waals surface area contributed by atoms with Gasteiger partial charge in [0.05, 0.1) is 42.6 Å². The summed E-state index contributed by atoms with van der Waals surface area (Å²) in [4.78, 5) is 4.84. The maximum absolute atomic E-state index is 11.8. The van der Waals surface area contributed by atoms with Crippen LogP contribution in [0.4, 0.5) is 0 Å². The first-order valence-electron chi connectivity index (χ1n) is 14.7. The van der Waals surface area contributed by atoms with E-state index in [4.69, 9.17) is 4.98 Å². The van der Waals surface area contributed by atoms with E-state index in [1.807, 2.05) is 48.8 Å². The third kappa shape index (κ3) is 5.18. The second-order valence-electron chi connectivity index (χ2n) is 11.1. The number of hydrogen-bond acceptors (Lipinski definition) is 2. The van der Waals surface area contributed by atoms with Crippen molar-refractivity contribution in [1.82, 2.24) is 14.1 Å². The molecule has 0 unspecified atom stereocenters. The minimum atomic E-state index is -0.664. The molecule has 4 nitrogen and oxygen atoms in total. The molecular weight excluding hydrogens is 526 g/mol. The van der Waals surface area contributed by atoms with E-state index in [0.29, 0.717) is 13.1 Å². The fourth-order valence-electron chi connectivity index (χ4n) is 6.17. The molecule has 0 spiro atoms. The Morgan fingerprint density at radius 2 is 1.14 bits per heavy atom. The van der Waals surface area contributed by atoms with Crippen LogP contribution in [-0.2, 0) is 13.1 Å². The van der Waals surface area contributed by atoms with Crippen LogP contribution in [0.1, 0.15) is 5.56 Å². The van der Waals surface area contributed by atoms with E-state index >= 15 is 0 Å². The van der Waals surface area contributed by atoms with Gasteiger partial charge in [0.2, 0.25) is 0 Å². The number of hydrogen-bond donors (Lipinski definition) is 1. The van der Waals surface area contributed by atoms with Gasteiger partial charge in [0.1, 0.15) is 0 Å². The van der Waals surface area contributed by atoms with E-state index in [9.17, 15) is 5.11 Å². The van der Waals surface area contributed by atoms with E-state index in [1.54, 1.807) is 0 Å². The fourth-order valence-corrected chi connectivity index (χ4v) is 6.17. The van der Waals surface area contributed by atoms with Crippen molar-refractivity contribution in [3.05, 3.63) is 151 Å². The van der Waals surface area contributed by atoms with Gasteiger partial charge in [0.25, 0.3) is 0 Å². The molecule has 43 heavy (non-hydrogen) atoms. The molecule has 0 aliphatic carbocycles. The Labute approximate surface area is 252 Å². The molecule has 7 rings (SSSR count). The number of aliphatic hydroxyl groups excluding tert-OH is 1. The summed E-state index contributed by atoms with van der Waals surface area (Å²) in [7, 11) is 0. The van der Waals surface area contributed by atoms with Crippen LogP contribution in [0.25, 0.3) is 55.8 Å². The summed E-state index contributed by atoms with van der Waals surface area (Å²) in [6.45, 7) is 2.98. The number of benzene rings is 5. The maximum atomic E-state index is 11.8. The minimum Gasteiger partial charge on any atom is -0.389 e. The quantitative estimate of drug-likeness (QED) is 0.202. The molecule has 0 saturated heterocycles. The number of rotatable bonds is 8. The molecule has 2 heterocycles. The largest absolute Gasteiger partial charge is 0.389 e. The van der Waals surface area contributed by atoms with Gasteiger partial charge < -0.3 is 14.2 Å². The molecule has 4 heteroatoms. The highest BCUT2D eigenvalue weighted by molar-refractivity contribution is 6.04. The molecule has 2 aromatic heterocycles. The smallest absolute Gasteiger partial charge is 0.0963 e. The monoisotopic (exact) mass is 559 g/mol.